The van der Waals surface area contributed by atoms with Crippen LogP contribution in [-0.4, -0.2) is 35.7 Å². The van der Waals surface area contributed by atoms with Crippen molar-refractivity contribution in [3.8, 4) is 5.75 Å². The van der Waals surface area contributed by atoms with Crippen molar-refractivity contribution in [2.24, 2.45) is 0 Å². The fraction of sp³-hybridized carbons (Fsp3) is 0.381. The van der Waals surface area contributed by atoms with E-state index >= 15 is 0 Å². The van der Waals surface area contributed by atoms with E-state index in [9.17, 15) is 5.11 Å². The van der Waals surface area contributed by atoms with Crippen LogP contribution in [0, 0.1) is 0 Å². The maximum Gasteiger partial charge on any atom is 0.275 e. The second-order valence-corrected chi connectivity index (χ2v) is 6.86. The highest BCUT2D eigenvalue weighted by Gasteiger charge is 2.53. The van der Waals surface area contributed by atoms with Crippen LogP contribution in [0.4, 0.5) is 5.69 Å². The lowest BCUT2D eigenvalue weighted by molar-refractivity contribution is -0.534. The van der Waals surface area contributed by atoms with Crippen LogP contribution in [0.2, 0.25) is 0 Å². The first-order valence-electron chi connectivity index (χ1n) is 9.05. The molecular formula is C21H25BrN2O2. The molecule has 1 N–H and O–H groups in total. The molecule has 26 heavy (non-hydrogen) atoms. The molecule has 2 aromatic rings. The third-order valence-electron chi connectivity index (χ3n) is 5.30. The lowest BCUT2D eigenvalue weighted by Gasteiger charge is -2.29. The second-order valence-electron chi connectivity index (χ2n) is 6.86. The number of para-hydroxylation sites is 1. The van der Waals surface area contributed by atoms with Crippen LogP contribution in [0.3, 0.4) is 0 Å². The lowest BCUT2D eigenvalue weighted by Crippen LogP contribution is -3.00. The van der Waals surface area contributed by atoms with Gasteiger partial charge in [0, 0.05) is 12.0 Å². The Morgan fingerprint density at radius 3 is 2.42 bits per heavy atom. The summed E-state index contributed by atoms with van der Waals surface area (Å²) in [5, 5.41) is 11.8. The van der Waals surface area contributed by atoms with E-state index in [0.717, 1.165) is 30.0 Å². The third kappa shape index (κ3) is 3.26. The van der Waals surface area contributed by atoms with Gasteiger partial charge >= 0.3 is 0 Å². The Morgan fingerprint density at radius 1 is 1.00 bits per heavy atom. The predicted octanol–water partition coefficient (Wildman–Crippen LogP) is 0.349. The topological polar surface area (TPSA) is 35.7 Å². The molecule has 2 aliphatic rings. The van der Waals surface area contributed by atoms with E-state index in [1.165, 1.54) is 25.1 Å². The maximum absolute atomic E-state index is 11.8. The molecule has 0 amide bonds. The molecule has 0 radical (unpaired) electrons. The Bertz CT molecular complexity index is 776. The minimum absolute atomic E-state index is 0. The first-order chi connectivity index (χ1) is 12.2. The summed E-state index contributed by atoms with van der Waals surface area (Å²) < 4.78 is 7.64. The van der Waals surface area contributed by atoms with E-state index < -0.39 is 5.72 Å². The molecule has 0 aromatic heterocycles. The quantitative estimate of drug-likeness (QED) is 0.733. The normalized spacial score (nSPS) is 22.5. The Kier molecular flexibility index (Phi) is 5.68. The van der Waals surface area contributed by atoms with Gasteiger partial charge in [0.25, 0.3) is 11.6 Å². The molecule has 0 spiro atoms. The number of methoxy groups -OCH3 is 1. The average Bonchev–Trinajstić information content (AvgIpc) is 2.79. The van der Waals surface area contributed by atoms with Gasteiger partial charge in [-0.25, -0.2) is 0 Å². The summed E-state index contributed by atoms with van der Waals surface area (Å²) >= 11 is 0. The van der Waals surface area contributed by atoms with E-state index in [1.54, 1.807) is 7.11 Å². The third-order valence-corrected chi connectivity index (χ3v) is 5.30. The van der Waals surface area contributed by atoms with Gasteiger partial charge in [-0.05, 0) is 55.7 Å². The zero-order chi connectivity index (χ0) is 17.3. The highest BCUT2D eigenvalue weighted by Crippen LogP contribution is 2.38. The Hall–Kier alpha value is -1.85. The molecule has 5 heteroatoms. The van der Waals surface area contributed by atoms with Crippen molar-refractivity contribution in [3.63, 3.8) is 0 Å². The number of halogens is 1. The summed E-state index contributed by atoms with van der Waals surface area (Å²) in [5.41, 5.74) is 0.887. The summed E-state index contributed by atoms with van der Waals surface area (Å²) in [6.07, 6.45) is 4.62. The largest absolute Gasteiger partial charge is 1.00 e. The Labute approximate surface area is 165 Å². The van der Waals surface area contributed by atoms with Gasteiger partial charge in [-0.1, -0.05) is 18.2 Å². The molecule has 0 saturated carbocycles. The zero-order valence-electron chi connectivity index (χ0n) is 15.1. The van der Waals surface area contributed by atoms with Gasteiger partial charge in [-0.15, -0.1) is 0 Å². The first-order valence-corrected chi connectivity index (χ1v) is 9.05. The van der Waals surface area contributed by atoms with Crippen molar-refractivity contribution in [1.82, 2.24) is 0 Å². The number of hydrogen-bond donors (Lipinski definition) is 1. The molecule has 2 aliphatic heterocycles. The van der Waals surface area contributed by atoms with Crippen LogP contribution >= 0.6 is 0 Å². The van der Waals surface area contributed by atoms with Gasteiger partial charge in [-0.3, -0.25) is 4.58 Å². The number of aliphatic hydroxyl groups is 1. The predicted molar refractivity (Wildman–Crippen MR) is 99.3 cm³/mol. The smallest absolute Gasteiger partial charge is 0.275 e. The minimum Gasteiger partial charge on any atom is -1.00 e. The number of hydrogen-bond acceptors (Lipinski definition) is 3. The molecule has 0 aliphatic carbocycles. The van der Waals surface area contributed by atoms with Crippen molar-refractivity contribution in [2.75, 3.05) is 25.1 Å². The zero-order valence-corrected chi connectivity index (χ0v) is 16.7. The van der Waals surface area contributed by atoms with E-state index in [4.69, 9.17) is 4.74 Å². The van der Waals surface area contributed by atoms with Crippen LogP contribution in [0.25, 0.3) is 0 Å². The molecule has 138 valence electrons. The number of benzene rings is 2. The number of amidine groups is 1. The van der Waals surface area contributed by atoms with E-state index in [-0.39, 0.29) is 17.0 Å². The standard InChI is InChI=1S/C21H25N2O2.BrH/c1-25-19-13-11-17(12-14-19)21(24)16-22-15-7-3-6-10-20(22)23(21)18-8-4-2-5-9-18;/h2,4-5,8-9,11-14,24H,3,6-7,10,15-16H2,1H3;1H/q+1;/p-1. The van der Waals surface area contributed by atoms with Gasteiger partial charge in [0.15, 0.2) is 6.54 Å². The number of ether oxygens (including phenoxy) is 1. The van der Waals surface area contributed by atoms with Crippen LogP contribution in [0.5, 0.6) is 5.75 Å². The molecule has 4 rings (SSSR count). The Morgan fingerprint density at radius 2 is 1.73 bits per heavy atom. The molecule has 2 heterocycles. The summed E-state index contributed by atoms with van der Waals surface area (Å²) in [6, 6.07) is 18.0. The maximum atomic E-state index is 11.8. The summed E-state index contributed by atoms with van der Waals surface area (Å²) in [4.78, 5) is 2.14. The molecular weight excluding hydrogens is 392 g/mol. The molecule has 0 saturated heterocycles. The van der Waals surface area contributed by atoms with E-state index in [0.29, 0.717) is 6.54 Å². The van der Waals surface area contributed by atoms with Crippen molar-refractivity contribution in [3.05, 3.63) is 60.2 Å². The summed E-state index contributed by atoms with van der Waals surface area (Å²) in [7, 11) is 1.66. The lowest BCUT2D eigenvalue weighted by atomic mass is 9.99. The first kappa shape index (κ1) is 18.9. The monoisotopic (exact) mass is 416 g/mol. The molecule has 1 atom stereocenters. The van der Waals surface area contributed by atoms with Crippen LogP contribution in [-0.2, 0) is 5.72 Å². The molecule has 4 nitrogen and oxygen atoms in total. The van der Waals surface area contributed by atoms with Crippen molar-refractivity contribution < 1.29 is 31.4 Å². The van der Waals surface area contributed by atoms with Gasteiger partial charge < -0.3 is 26.8 Å². The number of anilines is 1. The van der Waals surface area contributed by atoms with Crippen molar-refractivity contribution in [2.45, 2.75) is 31.4 Å². The van der Waals surface area contributed by atoms with Gasteiger partial charge in [0.2, 0.25) is 0 Å². The second kappa shape index (κ2) is 7.80. The molecule has 2 aromatic carbocycles. The fourth-order valence-electron chi connectivity index (χ4n) is 4.04. The van der Waals surface area contributed by atoms with Crippen molar-refractivity contribution in [1.29, 1.82) is 0 Å². The van der Waals surface area contributed by atoms with Crippen LogP contribution in [0.15, 0.2) is 54.6 Å². The average molecular weight is 417 g/mol. The van der Waals surface area contributed by atoms with Gasteiger partial charge in [-0.2, -0.15) is 4.90 Å². The van der Waals surface area contributed by atoms with Crippen molar-refractivity contribution >= 4 is 11.5 Å². The van der Waals surface area contributed by atoms with Gasteiger partial charge in [0.1, 0.15) is 11.4 Å². The van der Waals surface area contributed by atoms with E-state index in [2.05, 4.69) is 21.6 Å². The summed E-state index contributed by atoms with van der Waals surface area (Å²) in [6.45, 7) is 1.61. The SMILES string of the molecule is COc1ccc(C2(O)C[N+]3=C(CCCCC3)N2c2ccccc2)cc1.[Br-]. The molecule has 0 fully saturated rings. The Balaban J connectivity index is 0.00000196. The van der Waals surface area contributed by atoms with Crippen LogP contribution in [0.1, 0.15) is 31.2 Å². The summed E-state index contributed by atoms with van der Waals surface area (Å²) in [5.74, 6) is 2.04. The molecule has 1 unspecified atom stereocenters. The van der Waals surface area contributed by atoms with Crippen LogP contribution < -0.4 is 26.6 Å². The molecule has 0 bridgehead atoms. The number of nitrogens with zero attached hydrogens (tertiary/aromatic N) is 2. The highest BCUT2D eigenvalue weighted by atomic mass is 79.9. The highest BCUT2D eigenvalue weighted by molar-refractivity contribution is 5.97. The van der Waals surface area contributed by atoms with Gasteiger partial charge in [0.05, 0.1) is 13.7 Å². The van der Waals surface area contributed by atoms with E-state index in [1.807, 2.05) is 42.5 Å². The minimum atomic E-state index is -1.06. The number of rotatable bonds is 3. The fourth-order valence-corrected chi connectivity index (χ4v) is 4.04.